The summed E-state index contributed by atoms with van der Waals surface area (Å²) in [4.78, 5) is 10.7. The Bertz CT molecular complexity index is 295. The van der Waals surface area contributed by atoms with Gasteiger partial charge in [-0.3, -0.25) is 4.79 Å². The second-order valence-corrected chi connectivity index (χ2v) is 5.16. The van der Waals surface area contributed by atoms with Gasteiger partial charge < -0.3 is 5.11 Å². The van der Waals surface area contributed by atoms with Crippen LogP contribution in [0, 0.1) is 29.6 Å². The number of hydrogen-bond acceptors (Lipinski definition) is 1. The first-order valence-electron chi connectivity index (χ1n) is 5.64. The molecule has 1 N–H and O–H groups in total. The Labute approximate surface area is 84.0 Å². The lowest BCUT2D eigenvalue weighted by atomic mass is 9.74. The van der Waals surface area contributed by atoms with Crippen molar-refractivity contribution in [3.05, 3.63) is 12.2 Å². The van der Waals surface area contributed by atoms with Crippen molar-refractivity contribution in [2.24, 2.45) is 29.6 Å². The third kappa shape index (κ3) is 1.06. The van der Waals surface area contributed by atoms with Crippen LogP contribution in [-0.2, 0) is 4.79 Å². The van der Waals surface area contributed by atoms with Crippen LogP contribution >= 0.6 is 0 Å². The van der Waals surface area contributed by atoms with Crippen LogP contribution in [0.15, 0.2) is 12.2 Å². The number of carboxylic acids is 1. The SMILES string of the molecule is O=C(O)C[C@@H]1C[C@@H]2C[C@@H]1[C@@H]1C=CC[C@H]21. The maximum Gasteiger partial charge on any atom is 0.303 e. The van der Waals surface area contributed by atoms with Crippen molar-refractivity contribution < 1.29 is 9.90 Å². The molecule has 0 aromatic heterocycles. The summed E-state index contributed by atoms with van der Waals surface area (Å²) in [6, 6.07) is 0. The van der Waals surface area contributed by atoms with E-state index in [1.807, 2.05) is 0 Å². The van der Waals surface area contributed by atoms with Gasteiger partial charge in [0, 0.05) is 6.42 Å². The van der Waals surface area contributed by atoms with Crippen LogP contribution in [0.1, 0.15) is 25.7 Å². The summed E-state index contributed by atoms with van der Waals surface area (Å²) in [5.74, 6) is 3.01. The van der Waals surface area contributed by atoms with Gasteiger partial charge in [0.1, 0.15) is 0 Å². The van der Waals surface area contributed by atoms with Gasteiger partial charge in [0.25, 0.3) is 0 Å². The Balaban J connectivity index is 1.76. The highest BCUT2D eigenvalue weighted by Gasteiger charge is 2.52. The molecule has 3 aliphatic carbocycles. The number of hydrogen-bond donors (Lipinski definition) is 1. The van der Waals surface area contributed by atoms with Gasteiger partial charge in [-0.25, -0.2) is 0 Å². The Hall–Kier alpha value is -0.790. The van der Waals surface area contributed by atoms with Crippen LogP contribution < -0.4 is 0 Å². The van der Waals surface area contributed by atoms with Gasteiger partial charge in [-0.1, -0.05) is 12.2 Å². The van der Waals surface area contributed by atoms with E-state index in [1.54, 1.807) is 0 Å². The number of carboxylic acid groups (broad SMARTS) is 1. The molecule has 76 valence electrons. The number of allylic oxidation sites excluding steroid dienone is 2. The van der Waals surface area contributed by atoms with Crippen molar-refractivity contribution in [3.63, 3.8) is 0 Å². The number of carbonyl (C=O) groups is 1. The molecule has 0 radical (unpaired) electrons. The fourth-order valence-corrected chi connectivity index (χ4v) is 4.14. The molecule has 0 aromatic carbocycles. The molecule has 0 spiro atoms. The van der Waals surface area contributed by atoms with Gasteiger partial charge in [-0.05, 0) is 48.9 Å². The van der Waals surface area contributed by atoms with Gasteiger partial charge in [0.05, 0.1) is 0 Å². The van der Waals surface area contributed by atoms with E-state index in [0.29, 0.717) is 18.3 Å². The molecule has 0 unspecified atom stereocenters. The molecule has 5 atom stereocenters. The van der Waals surface area contributed by atoms with E-state index < -0.39 is 5.97 Å². The standard InChI is InChI=1S/C12H16O2/c13-12(14)6-8-4-7-5-11(8)10-3-1-2-9(7)10/h1,3,7-11H,2,4-6H2,(H,13,14)/t7-,8+,9-,10-,11+/m1/s1. The summed E-state index contributed by atoms with van der Waals surface area (Å²) >= 11 is 0. The van der Waals surface area contributed by atoms with Gasteiger partial charge in [-0.15, -0.1) is 0 Å². The molecule has 2 saturated carbocycles. The maximum absolute atomic E-state index is 10.7. The van der Waals surface area contributed by atoms with Crippen LogP contribution in [0.4, 0.5) is 0 Å². The van der Waals surface area contributed by atoms with E-state index in [1.165, 1.54) is 19.3 Å². The first-order chi connectivity index (χ1) is 6.75. The maximum atomic E-state index is 10.7. The molecule has 14 heavy (non-hydrogen) atoms. The molecule has 0 aliphatic heterocycles. The molecule has 0 aromatic rings. The second-order valence-electron chi connectivity index (χ2n) is 5.16. The van der Waals surface area contributed by atoms with E-state index >= 15 is 0 Å². The molecule has 2 fully saturated rings. The quantitative estimate of drug-likeness (QED) is 0.682. The minimum absolute atomic E-state index is 0.401. The minimum Gasteiger partial charge on any atom is -0.481 e. The Morgan fingerprint density at radius 2 is 2.21 bits per heavy atom. The van der Waals surface area contributed by atoms with Gasteiger partial charge >= 0.3 is 5.97 Å². The smallest absolute Gasteiger partial charge is 0.303 e. The van der Waals surface area contributed by atoms with Gasteiger partial charge in [0.15, 0.2) is 0 Å². The second kappa shape index (κ2) is 2.85. The molecular formula is C12H16O2. The van der Waals surface area contributed by atoms with Crippen LogP contribution in [0.5, 0.6) is 0 Å². The molecule has 0 saturated heterocycles. The highest BCUT2D eigenvalue weighted by molar-refractivity contribution is 5.67. The van der Waals surface area contributed by atoms with Crippen LogP contribution in [0.25, 0.3) is 0 Å². The van der Waals surface area contributed by atoms with Crippen LogP contribution in [0.2, 0.25) is 0 Å². The molecule has 0 amide bonds. The first kappa shape index (κ1) is 8.51. The average molecular weight is 192 g/mol. The Morgan fingerprint density at radius 3 is 3.00 bits per heavy atom. The van der Waals surface area contributed by atoms with Gasteiger partial charge in [-0.2, -0.15) is 0 Å². The summed E-state index contributed by atoms with van der Waals surface area (Å²) < 4.78 is 0. The zero-order chi connectivity index (χ0) is 9.71. The van der Waals surface area contributed by atoms with Crippen molar-refractivity contribution in [3.8, 4) is 0 Å². The topological polar surface area (TPSA) is 37.3 Å². The van der Waals surface area contributed by atoms with E-state index in [4.69, 9.17) is 5.11 Å². The zero-order valence-corrected chi connectivity index (χ0v) is 8.23. The van der Waals surface area contributed by atoms with E-state index in [9.17, 15) is 4.79 Å². The average Bonchev–Trinajstić information content (AvgIpc) is 2.68. The lowest BCUT2D eigenvalue weighted by Crippen LogP contribution is -2.25. The number of fused-ring (bicyclic) bond motifs is 5. The third-order valence-corrected chi connectivity index (χ3v) is 4.58. The summed E-state index contributed by atoms with van der Waals surface area (Å²) in [6.45, 7) is 0. The highest BCUT2D eigenvalue weighted by atomic mass is 16.4. The van der Waals surface area contributed by atoms with Crippen LogP contribution in [0.3, 0.4) is 0 Å². The lowest BCUT2D eigenvalue weighted by Gasteiger charge is -2.30. The largest absolute Gasteiger partial charge is 0.481 e. The van der Waals surface area contributed by atoms with Crippen molar-refractivity contribution >= 4 is 5.97 Å². The summed E-state index contributed by atoms with van der Waals surface area (Å²) in [7, 11) is 0. The fraction of sp³-hybridized carbons (Fsp3) is 0.750. The molecule has 2 heteroatoms. The Kier molecular flexibility index (Phi) is 1.73. The minimum atomic E-state index is -0.610. The molecule has 0 heterocycles. The Morgan fingerprint density at radius 1 is 1.36 bits per heavy atom. The summed E-state index contributed by atoms with van der Waals surface area (Å²) in [5.41, 5.74) is 0. The predicted octanol–water partition coefficient (Wildman–Crippen LogP) is 2.31. The van der Waals surface area contributed by atoms with E-state index in [-0.39, 0.29) is 0 Å². The first-order valence-corrected chi connectivity index (χ1v) is 5.64. The van der Waals surface area contributed by atoms with E-state index in [2.05, 4.69) is 12.2 Å². The normalized spacial score (nSPS) is 48.4. The molecule has 2 bridgehead atoms. The van der Waals surface area contributed by atoms with Crippen LogP contribution in [-0.4, -0.2) is 11.1 Å². The molecule has 3 rings (SSSR count). The van der Waals surface area contributed by atoms with Crippen molar-refractivity contribution in [2.45, 2.75) is 25.7 Å². The van der Waals surface area contributed by atoms with E-state index in [0.717, 1.165) is 17.8 Å². The van der Waals surface area contributed by atoms with Gasteiger partial charge in [0.2, 0.25) is 0 Å². The predicted molar refractivity (Wildman–Crippen MR) is 52.7 cm³/mol. The highest BCUT2D eigenvalue weighted by Crippen LogP contribution is 2.59. The summed E-state index contributed by atoms with van der Waals surface area (Å²) in [6.07, 6.45) is 8.79. The number of rotatable bonds is 2. The zero-order valence-electron chi connectivity index (χ0n) is 8.23. The van der Waals surface area contributed by atoms with Crippen molar-refractivity contribution in [2.75, 3.05) is 0 Å². The number of aliphatic carboxylic acids is 1. The fourth-order valence-electron chi connectivity index (χ4n) is 4.14. The third-order valence-electron chi connectivity index (χ3n) is 4.58. The van der Waals surface area contributed by atoms with Crippen molar-refractivity contribution in [1.82, 2.24) is 0 Å². The molecule has 2 nitrogen and oxygen atoms in total. The molecular weight excluding hydrogens is 176 g/mol. The molecule has 3 aliphatic rings. The summed E-state index contributed by atoms with van der Waals surface area (Å²) in [5, 5.41) is 8.82. The monoisotopic (exact) mass is 192 g/mol. The van der Waals surface area contributed by atoms with Crippen molar-refractivity contribution in [1.29, 1.82) is 0 Å². The lowest BCUT2D eigenvalue weighted by molar-refractivity contribution is -0.138.